The van der Waals surface area contributed by atoms with Gasteiger partial charge in [-0.2, -0.15) is 18.3 Å². The van der Waals surface area contributed by atoms with Gasteiger partial charge in [-0.25, -0.2) is 13.1 Å². The van der Waals surface area contributed by atoms with E-state index in [0.29, 0.717) is 12.1 Å². The maximum atomic E-state index is 13.2. The van der Waals surface area contributed by atoms with Crippen LogP contribution in [0.25, 0.3) is 5.69 Å². The lowest BCUT2D eigenvalue weighted by Gasteiger charge is -2.28. The van der Waals surface area contributed by atoms with Crippen LogP contribution in [0.4, 0.5) is 13.2 Å². The second-order valence-electron chi connectivity index (χ2n) is 7.60. The monoisotopic (exact) mass is 427 g/mol. The Morgan fingerprint density at radius 1 is 1.21 bits per heavy atom. The average Bonchev–Trinajstić information content (AvgIpc) is 3.30. The fourth-order valence-electron chi connectivity index (χ4n) is 3.81. The number of benzene rings is 1. The maximum Gasteiger partial charge on any atom is 0.416 e. The first-order valence-corrected chi connectivity index (χ1v) is 11.1. The normalized spacial score (nSPS) is 21.3. The van der Waals surface area contributed by atoms with E-state index < -0.39 is 21.6 Å². The van der Waals surface area contributed by atoms with Gasteiger partial charge in [0, 0.05) is 12.1 Å². The first kappa shape index (κ1) is 19.9. The molecule has 156 valence electrons. The number of halogens is 3. The van der Waals surface area contributed by atoms with Gasteiger partial charge in [0.05, 0.1) is 40.2 Å². The molecular weight excluding hydrogens is 407 g/mol. The van der Waals surface area contributed by atoms with Gasteiger partial charge >= 0.3 is 6.18 Å². The lowest BCUT2D eigenvalue weighted by molar-refractivity contribution is -0.137. The Hall–Kier alpha value is -2.36. The predicted octanol–water partition coefficient (Wildman–Crippen LogP) is 2.99. The highest BCUT2D eigenvalue weighted by Gasteiger charge is 2.43. The molecule has 1 aliphatic carbocycles. The SMILES string of the molecule is Cc1c(C(=O)N(C2CC2)C2CCS(=O)(=O)C2)cnn1-c1cccc(C(F)(F)F)c1. The second-order valence-corrected chi connectivity index (χ2v) is 9.83. The molecule has 2 heterocycles. The summed E-state index contributed by atoms with van der Waals surface area (Å²) in [5.41, 5.74) is 0.103. The number of hydrogen-bond acceptors (Lipinski definition) is 4. The van der Waals surface area contributed by atoms with E-state index in [-0.39, 0.29) is 40.7 Å². The Morgan fingerprint density at radius 2 is 1.93 bits per heavy atom. The number of rotatable bonds is 4. The minimum Gasteiger partial charge on any atom is -0.332 e. The Bertz CT molecular complexity index is 1060. The number of carbonyl (C=O) groups excluding carboxylic acids is 1. The zero-order chi connectivity index (χ0) is 21.0. The average molecular weight is 427 g/mol. The van der Waals surface area contributed by atoms with Gasteiger partial charge in [-0.1, -0.05) is 6.07 Å². The third-order valence-corrected chi connectivity index (χ3v) is 7.19. The molecule has 6 nitrogen and oxygen atoms in total. The zero-order valence-electron chi connectivity index (χ0n) is 15.7. The van der Waals surface area contributed by atoms with E-state index in [9.17, 15) is 26.4 Å². The molecule has 2 fully saturated rings. The highest BCUT2D eigenvalue weighted by molar-refractivity contribution is 7.91. The molecule has 1 unspecified atom stereocenters. The number of carbonyl (C=O) groups is 1. The van der Waals surface area contributed by atoms with Crippen LogP contribution in [0.15, 0.2) is 30.5 Å². The predicted molar refractivity (Wildman–Crippen MR) is 99.6 cm³/mol. The van der Waals surface area contributed by atoms with Crippen molar-refractivity contribution < 1.29 is 26.4 Å². The Kier molecular flexibility index (Phi) is 4.71. The molecule has 2 aliphatic rings. The smallest absolute Gasteiger partial charge is 0.332 e. The first-order chi connectivity index (χ1) is 13.6. The molecule has 1 atom stereocenters. The molecule has 10 heteroatoms. The van der Waals surface area contributed by atoms with Crippen LogP contribution in [0.2, 0.25) is 0 Å². The van der Waals surface area contributed by atoms with E-state index in [2.05, 4.69) is 5.10 Å². The Balaban J connectivity index is 1.65. The van der Waals surface area contributed by atoms with Crippen molar-refractivity contribution >= 4 is 15.7 Å². The van der Waals surface area contributed by atoms with Crippen molar-refractivity contribution in [3.63, 3.8) is 0 Å². The van der Waals surface area contributed by atoms with Gasteiger partial charge in [0.15, 0.2) is 9.84 Å². The summed E-state index contributed by atoms with van der Waals surface area (Å²) in [6, 6.07) is 4.39. The number of nitrogens with zero attached hydrogens (tertiary/aromatic N) is 3. The largest absolute Gasteiger partial charge is 0.416 e. The molecular formula is C19H20F3N3O3S. The van der Waals surface area contributed by atoms with Gasteiger partial charge in [0.25, 0.3) is 5.91 Å². The molecule has 0 bridgehead atoms. The summed E-state index contributed by atoms with van der Waals surface area (Å²) in [6.45, 7) is 1.62. The van der Waals surface area contributed by atoms with Crippen LogP contribution >= 0.6 is 0 Å². The lowest BCUT2D eigenvalue weighted by atomic mass is 10.1. The number of aromatic nitrogens is 2. The second kappa shape index (κ2) is 6.86. The van der Waals surface area contributed by atoms with Gasteiger partial charge in [0.2, 0.25) is 0 Å². The van der Waals surface area contributed by atoms with Crippen LogP contribution in [-0.2, 0) is 16.0 Å². The van der Waals surface area contributed by atoms with Gasteiger partial charge in [-0.3, -0.25) is 4.79 Å². The number of amides is 1. The molecule has 0 radical (unpaired) electrons. The van der Waals surface area contributed by atoms with Crippen molar-refractivity contribution in [3.05, 3.63) is 47.3 Å². The van der Waals surface area contributed by atoms with E-state index >= 15 is 0 Å². The molecule has 4 rings (SSSR count). The summed E-state index contributed by atoms with van der Waals surface area (Å²) in [4.78, 5) is 14.9. The summed E-state index contributed by atoms with van der Waals surface area (Å²) in [6.07, 6.45) is -1.08. The molecule has 29 heavy (non-hydrogen) atoms. The molecule has 1 aromatic carbocycles. The first-order valence-electron chi connectivity index (χ1n) is 9.32. The molecule has 1 aliphatic heterocycles. The van der Waals surface area contributed by atoms with E-state index in [1.165, 1.54) is 23.0 Å². The van der Waals surface area contributed by atoms with Crippen molar-refractivity contribution in [1.82, 2.24) is 14.7 Å². The Labute approximate surface area is 166 Å². The van der Waals surface area contributed by atoms with Crippen LogP contribution in [0.1, 0.15) is 40.9 Å². The molecule has 1 aromatic heterocycles. The van der Waals surface area contributed by atoms with Crippen molar-refractivity contribution in [2.45, 2.75) is 44.4 Å². The fraction of sp³-hybridized carbons (Fsp3) is 0.474. The van der Waals surface area contributed by atoms with E-state index in [1.807, 2.05) is 0 Å². The van der Waals surface area contributed by atoms with Crippen LogP contribution in [0, 0.1) is 6.92 Å². The third kappa shape index (κ3) is 3.90. The molecule has 2 aromatic rings. The van der Waals surface area contributed by atoms with Gasteiger partial charge in [-0.05, 0) is 44.4 Å². The fourth-order valence-corrected chi connectivity index (χ4v) is 5.52. The minimum absolute atomic E-state index is 0.0112. The maximum absolute atomic E-state index is 13.2. The highest BCUT2D eigenvalue weighted by atomic mass is 32.2. The van der Waals surface area contributed by atoms with Crippen LogP contribution < -0.4 is 0 Å². The number of alkyl halides is 3. The van der Waals surface area contributed by atoms with Crippen LogP contribution in [-0.4, -0.2) is 52.6 Å². The summed E-state index contributed by atoms with van der Waals surface area (Å²) >= 11 is 0. The van der Waals surface area contributed by atoms with Crippen LogP contribution in [0.5, 0.6) is 0 Å². The van der Waals surface area contributed by atoms with Crippen molar-refractivity contribution in [3.8, 4) is 5.69 Å². The van der Waals surface area contributed by atoms with E-state index in [0.717, 1.165) is 25.0 Å². The highest BCUT2D eigenvalue weighted by Crippen LogP contribution is 2.34. The molecule has 1 amide bonds. The summed E-state index contributed by atoms with van der Waals surface area (Å²) in [5, 5.41) is 4.13. The summed E-state index contributed by atoms with van der Waals surface area (Å²) < 4.78 is 64.1. The van der Waals surface area contributed by atoms with Crippen molar-refractivity contribution in [2.75, 3.05) is 11.5 Å². The van der Waals surface area contributed by atoms with Crippen molar-refractivity contribution in [1.29, 1.82) is 0 Å². The molecule has 1 saturated carbocycles. The van der Waals surface area contributed by atoms with Gasteiger partial charge < -0.3 is 4.90 Å². The minimum atomic E-state index is -4.48. The number of sulfone groups is 1. The van der Waals surface area contributed by atoms with Gasteiger partial charge in [-0.15, -0.1) is 0 Å². The van der Waals surface area contributed by atoms with Crippen LogP contribution in [0.3, 0.4) is 0 Å². The Morgan fingerprint density at radius 3 is 2.52 bits per heavy atom. The summed E-state index contributed by atoms with van der Waals surface area (Å²) in [7, 11) is -3.15. The van der Waals surface area contributed by atoms with E-state index in [1.54, 1.807) is 11.8 Å². The zero-order valence-corrected chi connectivity index (χ0v) is 16.5. The standard InChI is InChI=1S/C19H20F3N3O3S/c1-12-17(10-23-25(12)15-4-2-3-13(9-15)19(20,21)22)18(26)24(14-5-6-14)16-7-8-29(27,28)11-16/h2-4,9-10,14,16H,5-8,11H2,1H3. The lowest BCUT2D eigenvalue weighted by Crippen LogP contribution is -2.42. The molecule has 0 spiro atoms. The topological polar surface area (TPSA) is 72.3 Å². The van der Waals surface area contributed by atoms with Crippen molar-refractivity contribution in [2.24, 2.45) is 0 Å². The quantitative estimate of drug-likeness (QED) is 0.752. The summed E-state index contributed by atoms with van der Waals surface area (Å²) in [5.74, 6) is -0.294. The third-order valence-electron chi connectivity index (χ3n) is 5.43. The molecule has 0 N–H and O–H groups in total. The number of hydrogen-bond donors (Lipinski definition) is 0. The molecule has 1 saturated heterocycles. The van der Waals surface area contributed by atoms with E-state index in [4.69, 9.17) is 0 Å². The van der Waals surface area contributed by atoms with Gasteiger partial charge in [0.1, 0.15) is 0 Å².